The second-order valence-electron chi connectivity index (χ2n) is 9.94. The molecule has 6 nitrogen and oxygen atoms in total. The first kappa shape index (κ1) is 22.6. The lowest BCUT2D eigenvalue weighted by atomic mass is 9.83. The van der Waals surface area contributed by atoms with Gasteiger partial charge in [-0.3, -0.25) is 0 Å². The van der Waals surface area contributed by atoms with Gasteiger partial charge in [-0.2, -0.15) is 0 Å². The Labute approximate surface area is 187 Å². The van der Waals surface area contributed by atoms with E-state index in [0.717, 1.165) is 60.9 Å². The number of pyridine rings is 1. The van der Waals surface area contributed by atoms with E-state index >= 15 is 0 Å². The largest absolute Gasteiger partial charge is 0.498 e. The summed E-state index contributed by atoms with van der Waals surface area (Å²) in [5.41, 5.74) is 3.79. The molecule has 3 heterocycles. The molecule has 0 aromatic carbocycles. The van der Waals surface area contributed by atoms with E-state index in [2.05, 4.69) is 50.9 Å². The van der Waals surface area contributed by atoms with Gasteiger partial charge in [-0.05, 0) is 73.0 Å². The predicted molar refractivity (Wildman–Crippen MR) is 124 cm³/mol. The highest BCUT2D eigenvalue weighted by Gasteiger charge is 2.48. The maximum atomic E-state index is 6.50. The summed E-state index contributed by atoms with van der Waals surface area (Å²) in [5, 5.41) is 3.49. The van der Waals surface area contributed by atoms with Gasteiger partial charge >= 0.3 is 0 Å². The van der Waals surface area contributed by atoms with Crippen LogP contribution in [0.2, 0.25) is 0 Å². The molecule has 0 spiro atoms. The van der Waals surface area contributed by atoms with Gasteiger partial charge in [0, 0.05) is 42.8 Å². The molecule has 3 aliphatic rings. The van der Waals surface area contributed by atoms with E-state index in [1.54, 1.807) is 7.11 Å². The number of methoxy groups -OCH3 is 1. The van der Waals surface area contributed by atoms with E-state index in [-0.39, 0.29) is 6.10 Å². The summed E-state index contributed by atoms with van der Waals surface area (Å²) in [6.07, 6.45) is 6.49. The number of ether oxygens (including phenoxy) is 3. The van der Waals surface area contributed by atoms with Crippen LogP contribution in [0.3, 0.4) is 0 Å². The van der Waals surface area contributed by atoms with Crippen molar-refractivity contribution >= 4 is 11.9 Å². The van der Waals surface area contributed by atoms with Crippen molar-refractivity contribution in [1.29, 1.82) is 0 Å². The quantitative estimate of drug-likeness (QED) is 0.617. The van der Waals surface area contributed by atoms with Crippen LogP contribution in [0, 0.1) is 0 Å². The van der Waals surface area contributed by atoms with E-state index in [9.17, 15) is 0 Å². The van der Waals surface area contributed by atoms with E-state index in [1.807, 2.05) is 0 Å². The Bertz CT molecular complexity index is 841. The Hall–Kier alpha value is -1.63. The minimum Gasteiger partial charge on any atom is -0.498 e. The van der Waals surface area contributed by atoms with Crippen molar-refractivity contribution in [1.82, 2.24) is 9.88 Å². The Morgan fingerprint density at radius 3 is 2.55 bits per heavy atom. The number of rotatable bonds is 8. The van der Waals surface area contributed by atoms with Crippen LogP contribution in [-0.4, -0.2) is 55.9 Å². The van der Waals surface area contributed by atoms with Gasteiger partial charge in [0.15, 0.2) is 0 Å². The zero-order valence-electron chi connectivity index (χ0n) is 20.1. The van der Waals surface area contributed by atoms with E-state index in [0.29, 0.717) is 0 Å². The number of anilines is 1. The molecule has 1 fully saturated rings. The SMILES string of the molecule is CCNc1nc2c(c3c1C(C)(C)OC3(C)C)C=C(OC)C(OCCCN1CCCC1)C2. The molecule has 1 aliphatic carbocycles. The predicted octanol–water partition coefficient (Wildman–Crippen LogP) is 4.43. The minimum absolute atomic E-state index is 0.0884. The number of hydrogen-bond donors (Lipinski definition) is 1. The van der Waals surface area contributed by atoms with Crippen molar-refractivity contribution in [3.8, 4) is 0 Å². The van der Waals surface area contributed by atoms with Crippen molar-refractivity contribution in [2.45, 2.75) is 77.6 Å². The second-order valence-corrected chi connectivity index (χ2v) is 9.94. The third kappa shape index (κ3) is 4.35. The molecule has 1 N–H and O–H groups in total. The summed E-state index contributed by atoms with van der Waals surface area (Å²) in [4.78, 5) is 7.60. The average Bonchev–Trinajstić information content (AvgIpc) is 3.28. The maximum absolute atomic E-state index is 6.50. The van der Waals surface area contributed by atoms with Crippen LogP contribution in [0.15, 0.2) is 5.76 Å². The van der Waals surface area contributed by atoms with Gasteiger partial charge in [-0.1, -0.05) is 0 Å². The van der Waals surface area contributed by atoms with E-state index < -0.39 is 11.2 Å². The van der Waals surface area contributed by atoms with Gasteiger partial charge in [-0.25, -0.2) is 4.98 Å². The number of nitrogens with zero attached hydrogens (tertiary/aromatic N) is 2. The molecule has 172 valence electrons. The van der Waals surface area contributed by atoms with Gasteiger partial charge in [0.2, 0.25) is 0 Å². The van der Waals surface area contributed by atoms with Crippen molar-refractivity contribution in [2.24, 2.45) is 0 Å². The van der Waals surface area contributed by atoms with Gasteiger partial charge in [0.05, 0.1) is 24.0 Å². The number of hydrogen-bond acceptors (Lipinski definition) is 6. The first-order valence-corrected chi connectivity index (χ1v) is 11.9. The number of nitrogens with one attached hydrogen (secondary N) is 1. The molecule has 1 atom stereocenters. The summed E-state index contributed by atoms with van der Waals surface area (Å²) in [6.45, 7) is 15.8. The molecule has 1 aromatic heterocycles. The summed E-state index contributed by atoms with van der Waals surface area (Å²) in [5.74, 6) is 1.82. The zero-order chi connectivity index (χ0) is 22.2. The molecule has 0 bridgehead atoms. The number of fused-ring (bicyclic) bond motifs is 3. The van der Waals surface area contributed by atoms with Crippen molar-refractivity contribution in [3.05, 3.63) is 28.1 Å². The van der Waals surface area contributed by atoms with E-state index in [1.165, 1.54) is 31.5 Å². The van der Waals surface area contributed by atoms with Crippen molar-refractivity contribution in [3.63, 3.8) is 0 Å². The highest BCUT2D eigenvalue weighted by atomic mass is 16.5. The summed E-state index contributed by atoms with van der Waals surface area (Å²) in [6, 6.07) is 0. The lowest BCUT2D eigenvalue weighted by molar-refractivity contribution is -0.105. The van der Waals surface area contributed by atoms with Crippen molar-refractivity contribution < 1.29 is 14.2 Å². The van der Waals surface area contributed by atoms with Crippen LogP contribution in [-0.2, 0) is 31.8 Å². The average molecular weight is 430 g/mol. The molecule has 1 unspecified atom stereocenters. The normalized spacial score (nSPS) is 23.9. The van der Waals surface area contributed by atoms with Gasteiger partial charge in [0.25, 0.3) is 0 Å². The van der Waals surface area contributed by atoms with Crippen molar-refractivity contribution in [2.75, 3.05) is 45.2 Å². The first-order valence-electron chi connectivity index (χ1n) is 11.9. The van der Waals surface area contributed by atoms with Gasteiger partial charge < -0.3 is 24.4 Å². The number of likely N-dealkylation sites (tertiary alicyclic amines) is 1. The first-order chi connectivity index (χ1) is 14.8. The third-order valence-corrected chi connectivity index (χ3v) is 6.73. The lowest BCUT2D eigenvalue weighted by Crippen LogP contribution is -2.28. The molecule has 0 radical (unpaired) electrons. The lowest BCUT2D eigenvalue weighted by Gasteiger charge is -2.29. The fourth-order valence-corrected chi connectivity index (χ4v) is 5.57. The standard InChI is InChI=1S/C25H39N3O3/c1-7-26-23-22-21(24(2,3)31-25(22,4)5)17-15-19(29-6)20(16-18(17)27-23)30-14-10-13-28-11-8-9-12-28/h15,20H,7-14,16H2,1-6H3,(H,26,27). The molecule has 2 aliphatic heterocycles. The van der Waals surface area contributed by atoms with Crippen LogP contribution in [0.25, 0.3) is 6.08 Å². The fraction of sp³-hybridized carbons (Fsp3) is 0.720. The molecule has 1 saturated heterocycles. The number of aromatic nitrogens is 1. The molecular formula is C25H39N3O3. The maximum Gasteiger partial charge on any atom is 0.132 e. The van der Waals surface area contributed by atoms with Crippen LogP contribution >= 0.6 is 0 Å². The van der Waals surface area contributed by atoms with Gasteiger partial charge in [-0.15, -0.1) is 0 Å². The summed E-state index contributed by atoms with van der Waals surface area (Å²) in [7, 11) is 1.74. The fourth-order valence-electron chi connectivity index (χ4n) is 5.57. The van der Waals surface area contributed by atoms with Crippen LogP contribution in [0.5, 0.6) is 0 Å². The smallest absolute Gasteiger partial charge is 0.132 e. The monoisotopic (exact) mass is 429 g/mol. The Kier molecular flexibility index (Phi) is 6.35. The summed E-state index contributed by atoms with van der Waals surface area (Å²) >= 11 is 0. The van der Waals surface area contributed by atoms with Crippen LogP contribution < -0.4 is 5.32 Å². The Balaban J connectivity index is 1.60. The molecule has 1 aromatic rings. The molecule has 31 heavy (non-hydrogen) atoms. The summed E-state index contributed by atoms with van der Waals surface area (Å²) < 4.78 is 18.6. The van der Waals surface area contributed by atoms with Crippen LogP contribution in [0.4, 0.5) is 5.82 Å². The zero-order valence-corrected chi connectivity index (χ0v) is 20.1. The van der Waals surface area contributed by atoms with Gasteiger partial charge in [0.1, 0.15) is 17.7 Å². The minimum atomic E-state index is -0.400. The highest BCUT2D eigenvalue weighted by molar-refractivity contribution is 5.70. The second kappa shape index (κ2) is 8.72. The Morgan fingerprint density at radius 1 is 1.16 bits per heavy atom. The van der Waals surface area contributed by atoms with E-state index in [4.69, 9.17) is 19.2 Å². The highest BCUT2D eigenvalue weighted by Crippen LogP contribution is 2.52. The molecular weight excluding hydrogens is 390 g/mol. The topological polar surface area (TPSA) is 55.9 Å². The van der Waals surface area contributed by atoms with Crippen LogP contribution in [0.1, 0.15) is 76.3 Å². The molecule has 0 amide bonds. The molecule has 4 rings (SSSR count). The third-order valence-electron chi connectivity index (χ3n) is 6.73. The molecule has 0 saturated carbocycles. The molecule has 6 heteroatoms. The Morgan fingerprint density at radius 2 is 1.87 bits per heavy atom.